The van der Waals surface area contributed by atoms with Crippen molar-refractivity contribution in [1.82, 2.24) is 4.31 Å². The summed E-state index contributed by atoms with van der Waals surface area (Å²) in [7, 11) is -3.62. The molecule has 19 heavy (non-hydrogen) atoms. The first-order valence-corrected chi connectivity index (χ1v) is 7.89. The van der Waals surface area contributed by atoms with Crippen LogP contribution >= 0.6 is 0 Å². The van der Waals surface area contributed by atoms with E-state index in [0.29, 0.717) is 12.8 Å². The molecule has 0 amide bonds. The molecule has 5 nitrogen and oxygen atoms in total. The van der Waals surface area contributed by atoms with Crippen molar-refractivity contribution in [3.63, 3.8) is 0 Å². The quantitative estimate of drug-likeness (QED) is 0.845. The minimum Gasteiger partial charge on any atom is -0.481 e. The molecule has 1 aliphatic heterocycles. The van der Waals surface area contributed by atoms with Gasteiger partial charge in [0.15, 0.2) is 0 Å². The van der Waals surface area contributed by atoms with Crippen molar-refractivity contribution >= 4 is 16.0 Å². The summed E-state index contributed by atoms with van der Waals surface area (Å²) < 4.78 is 50.6. The number of aliphatic carboxylic acids is 1. The van der Waals surface area contributed by atoms with Gasteiger partial charge in [-0.1, -0.05) is 0 Å². The van der Waals surface area contributed by atoms with Crippen molar-refractivity contribution in [1.29, 1.82) is 0 Å². The van der Waals surface area contributed by atoms with Gasteiger partial charge in [0, 0.05) is 25.9 Å². The Morgan fingerprint density at radius 2 is 2.00 bits per heavy atom. The number of carbonyl (C=O) groups is 1. The largest absolute Gasteiger partial charge is 0.481 e. The van der Waals surface area contributed by atoms with Crippen LogP contribution in [0.25, 0.3) is 0 Å². The van der Waals surface area contributed by atoms with E-state index in [1.807, 2.05) is 0 Å². The van der Waals surface area contributed by atoms with Gasteiger partial charge < -0.3 is 5.11 Å². The van der Waals surface area contributed by atoms with Crippen molar-refractivity contribution in [3.05, 3.63) is 0 Å². The molecular weight excluding hydrogens is 280 g/mol. The molecule has 1 aliphatic carbocycles. The summed E-state index contributed by atoms with van der Waals surface area (Å²) in [5.41, 5.74) is 0. The van der Waals surface area contributed by atoms with Crippen LogP contribution in [0.3, 0.4) is 0 Å². The van der Waals surface area contributed by atoms with Gasteiger partial charge in [-0.05, 0) is 18.8 Å². The molecule has 2 aliphatic rings. The zero-order valence-corrected chi connectivity index (χ0v) is 11.2. The molecule has 1 heterocycles. The molecule has 0 radical (unpaired) electrons. The summed E-state index contributed by atoms with van der Waals surface area (Å²) in [5.74, 6) is -5.23. The monoisotopic (exact) mass is 297 g/mol. The SMILES string of the molecule is O=C(O)C1CCCN(S(=O)(=O)CC2CC(F)(F)C2)C1. The Morgan fingerprint density at radius 3 is 2.53 bits per heavy atom. The van der Waals surface area contributed by atoms with E-state index in [4.69, 9.17) is 5.11 Å². The minimum absolute atomic E-state index is 0.0409. The third kappa shape index (κ3) is 3.42. The fourth-order valence-electron chi connectivity index (χ4n) is 2.70. The summed E-state index contributed by atoms with van der Waals surface area (Å²) in [6.45, 7) is 0.246. The maximum absolute atomic E-state index is 12.7. The van der Waals surface area contributed by atoms with Gasteiger partial charge in [-0.25, -0.2) is 21.5 Å². The summed E-state index contributed by atoms with van der Waals surface area (Å²) in [4.78, 5) is 10.9. The second-order valence-corrected chi connectivity index (χ2v) is 7.46. The number of hydrogen-bond donors (Lipinski definition) is 1. The fraction of sp³-hybridized carbons (Fsp3) is 0.909. The van der Waals surface area contributed by atoms with Crippen LogP contribution in [0.15, 0.2) is 0 Å². The lowest BCUT2D eigenvalue weighted by molar-refractivity contribution is -0.142. The van der Waals surface area contributed by atoms with Crippen LogP contribution in [-0.2, 0) is 14.8 Å². The first kappa shape index (κ1) is 14.6. The number of nitrogens with zero attached hydrogens (tertiary/aromatic N) is 1. The molecule has 0 aromatic heterocycles. The van der Waals surface area contributed by atoms with E-state index in [0.717, 1.165) is 4.31 Å². The number of carboxylic acids is 1. The van der Waals surface area contributed by atoms with Gasteiger partial charge in [0.2, 0.25) is 15.9 Å². The van der Waals surface area contributed by atoms with Crippen LogP contribution < -0.4 is 0 Å². The zero-order valence-electron chi connectivity index (χ0n) is 10.4. The molecule has 2 fully saturated rings. The maximum atomic E-state index is 12.7. The van der Waals surface area contributed by atoms with E-state index in [2.05, 4.69) is 0 Å². The van der Waals surface area contributed by atoms with Gasteiger partial charge in [0.1, 0.15) is 0 Å². The molecule has 1 saturated carbocycles. The zero-order chi connectivity index (χ0) is 14.3. The van der Waals surface area contributed by atoms with Crippen LogP contribution in [-0.4, -0.2) is 48.6 Å². The maximum Gasteiger partial charge on any atom is 0.307 e. The van der Waals surface area contributed by atoms with Gasteiger partial charge in [0.05, 0.1) is 11.7 Å². The molecule has 1 N–H and O–H groups in total. The lowest BCUT2D eigenvalue weighted by Gasteiger charge is -2.37. The number of rotatable bonds is 4. The average Bonchev–Trinajstić information content (AvgIpc) is 2.26. The van der Waals surface area contributed by atoms with Crippen molar-refractivity contribution in [2.75, 3.05) is 18.8 Å². The van der Waals surface area contributed by atoms with E-state index < -0.39 is 33.8 Å². The lowest BCUT2D eigenvalue weighted by atomic mass is 9.83. The Labute approximate surface area is 110 Å². The van der Waals surface area contributed by atoms with Gasteiger partial charge in [-0.2, -0.15) is 0 Å². The van der Waals surface area contributed by atoms with Gasteiger partial charge in [-0.3, -0.25) is 4.79 Å². The van der Waals surface area contributed by atoms with Crippen LogP contribution in [0.4, 0.5) is 8.78 Å². The van der Waals surface area contributed by atoms with E-state index in [-0.39, 0.29) is 31.7 Å². The number of piperidine rings is 1. The topological polar surface area (TPSA) is 74.7 Å². The predicted molar refractivity (Wildman–Crippen MR) is 63.4 cm³/mol. The summed E-state index contributed by atoms with van der Waals surface area (Å²) in [6.07, 6.45) is 0.185. The predicted octanol–water partition coefficient (Wildman–Crippen LogP) is 1.16. The third-order valence-corrected chi connectivity index (χ3v) is 5.76. The lowest BCUT2D eigenvalue weighted by Crippen LogP contribution is -2.47. The highest BCUT2D eigenvalue weighted by Crippen LogP contribution is 2.43. The highest BCUT2D eigenvalue weighted by molar-refractivity contribution is 7.89. The minimum atomic E-state index is -3.62. The van der Waals surface area contributed by atoms with Gasteiger partial charge in [-0.15, -0.1) is 0 Å². The summed E-state index contributed by atoms with van der Waals surface area (Å²) >= 11 is 0. The Kier molecular flexibility index (Phi) is 3.83. The number of sulfonamides is 1. The van der Waals surface area contributed by atoms with Crippen LogP contribution in [0, 0.1) is 11.8 Å². The summed E-state index contributed by atoms with van der Waals surface area (Å²) in [6, 6.07) is 0. The van der Waals surface area contributed by atoms with Crippen LogP contribution in [0.1, 0.15) is 25.7 Å². The number of halogens is 2. The van der Waals surface area contributed by atoms with E-state index in [1.54, 1.807) is 0 Å². The van der Waals surface area contributed by atoms with E-state index >= 15 is 0 Å². The molecule has 110 valence electrons. The Bertz CT molecular complexity index is 457. The summed E-state index contributed by atoms with van der Waals surface area (Å²) in [5, 5.41) is 8.91. The number of hydrogen-bond acceptors (Lipinski definition) is 3. The number of carboxylic acid groups (broad SMARTS) is 1. The Morgan fingerprint density at radius 1 is 1.37 bits per heavy atom. The van der Waals surface area contributed by atoms with Crippen molar-refractivity contribution < 1.29 is 27.1 Å². The standard InChI is InChI=1S/C11H17F2NO4S/c12-11(13)4-8(5-11)7-19(17,18)14-3-1-2-9(6-14)10(15)16/h8-9H,1-7H2,(H,15,16). The number of alkyl halides is 2. The van der Waals surface area contributed by atoms with Gasteiger partial charge in [0.25, 0.3) is 0 Å². The first-order chi connectivity index (χ1) is 8.70. The Hall–Kier alpha value is -0.760. The third-order valence-electron chi connectivity index (χ3n) is 3.75. The fourth-order valence-corrected chi connectivity index (χ4v) is 4.56. The van der Waals surface area contributed by atoms with E-state index in [1.165, 1.54) is 0 Å². The van der Waals surface area contributed by atoms with Gasteiger partial charge >= 0.3 is 5.97 Å². The van der Waals surface area contributed by atoms with Crippen molar-refractivity contribution in [3.8, 4) is 0 Å². The molecule has 0 bridgehead atoms. The second kappa shape index (κ2) is 4.97. The molecule has 0 aromatic rings. The van der Waals surface area contributed by atoms with Crippen molar-refractivity contribution in [2.24, 2.45) is 11.8 Å². The average molecular weight is 297 g/mol. The molecule has 0 spiro atoms. The highest BCUT2D eigenvalue weighted by atomic mass is 32.2. The smallest absolute Gasteiger partial charge is 0.307 e. The van der Waals surface area contributed by atoms with Crippen LogP contribution in [0.5, 0.6) is 0 Å². The van der Waals surface area contributed by atoms with Crippen molar-refractivity contribution in [2.45, 2.75) is 31.6 Å². The highest BCUT2D eigenvalue weighted by Gasteiger charge is 2.47. The Balaban J connectivity index is 1.94. The molecular formula is C11H17F2NO4S. The molecule has 2 rings (SSSR count). The normalized spacial score (nSPS) is 28.8. The molecule has 8 heteroatoms. The van der Waals surface area contributed by atoms with Crippen LogP contribution in [0.2, 0.25) is 0 Å². The molecule has 1 saturated heterocycles. The first-order valence-electron chi connectivity index (χ1n) is 6.28. The van der Waals surface area contributed by atoms with E-state index in [9.17, 15) is 22.0 Å². The second-order valence-electron chi connectivity index (χ2n) is 5.44. The molecule has 1 unspecified atom stereocenters. The molecule has 0 aromatic carbocycles. The molecule has 1 atom stereocenters.